The van der Waals surface area contributed by atoms with Gasteiger partial charge in [0, 0.05) is 24.6 Å². The van der Waals surface area contributed by atoms with Crippen molar-refractivity contribution in [3.8, 4) is 5.75 Å². The van der Waals surface area contributed by atoms with E-state index in [9.17, 15) is 14.0 Å². The van der Waals surface area contributed by atoms with Crippen molar-refractivity contribution in [3.05, 3.63) is 81.3 Å². The maximum Gasteiger partial charge on any atom is 0.343 e. The summed E-state index contributed by atoms with van der Waals surface area (Å²) in [6.45, 7) is 3.14. The number of nitrogens with zero attached hydrogens (tertiary/aromatic N) is 3. The van der Waals surface area contributed by atoms with Gasteiger partial charge < -0.3 is 9.64 Å². The van der Waals surface area contributed by atoms with Crippen LogP contribution in [0, 0.1) is 12.7 Å². The number of aromatic amines is 1. The van der Waals surface area contributed by atoms with Crippen LogP contribution in [0.4, 0.5) is 4.39 Å². The number of rotatable bonds is 5. The Morgan fingerprint density at radius 3 is 2.55 bits per heavy atom. The van der Waals surface area contributed by atoms with Gasteiger partial charge in [0.2, 0.25) is 0 Å². The van der Waals surface area contributed by atoms with Crippen LogP contribution in [0.2, 0.25) is 0 Å². The predicted octanol–water partition coefficient (Wildman–Crippen LogP) is 3.10. The molecule has 0 bridgehead atoms. The fraction of sp³-hybridized carbons (Fsp3) is 0.348. The van der Waals surface area contributed by atoms with E-state index in [0.717, 1.165) is 11.3 Å². The summed E-state index contributed by atoms with van der Waals surface area (Å²) in [4.78, 5) is 26.8. The molecule has 3 aromatic rings. The molecule has 7 nitrogen and oxygen atoms in total. The van der Waals surface area contributed by atoms with Gasteiger partial charge in [-0.15, -0.1) is 0 Å². The molecule has 0 spiro atoms. The van der Waals surface area contributed by atoms with Gasteiger partial charge >= 0.3 is 5.69 Å². The van der Waals surface area contributed by atoms with E-state index in [0.29, 0.717) is 49.4 Å². The zero-order chi connectivity index (χ0) is 22.0. The standard InChI is InChI=1S/C23H25FN4O3/c1-15-3-6-18(13-20(15)24)22(29)27-11-9-17(10-12-27)21-25-26-23(30)28(21)14-16-4-7-19(31-2)8-5-16/h3-8,13,17H,9-12,14H2,1-2H3,(H,26,30). The molecule has 31 heavy (non-hydrogen) atoms. The van der Waals surface area contributed by atoms with Crippen molar-refractivity contribution in [3.63, 3.8) is 0 Å². The number of methoxy groups -OCH3 is 1. The third-order valence-electron chi connectivity index (χ3n) is 5.85. The second-order valence-electron chi connectivity index (χ2n) is 7.85. The van der Waals surface area contributed by atoms with E-state index in [1.165, 1.54) is 6.07 Å². The lowest BCUT2D eigenvalue weighted by molar-refractivity contribution is 0.0709. The molecule has 1 aliphatic heterocycles. The van der Waals surface area contributed by atoms with Gasteiger partial charge in [-0.25, -0.2) is 14.3 Å². The summed E-state index contributed by atoms with van der Waals surface area (Å²) in [5.74, 6) is 0.981. The van der Waals surface area contributed by atoms with Crippen LogP contribution in [0.5, 0.6) is 5.75 Å². The molecule has 2 aromatic carbocycles. The number of carbonyl (C=O) groups excluding carboxylic acids is 1. The minimum Gasteiger partial charge on any atom is -0.497 e. The monoisotopic (exact) mass is 424 g/mol. The normalized spacial score (nSPS) is 14.6. The highest BCUT2D eigenvalue weighted by molar-refractivity contribution is 5.94. The van der Waals surface area contributed by atoms with E-state index in [1.807, 2.05) is 24.3 Å². The molecular weight excluding hydrogens is 399 g/mol. The highest BCUT2D eigenvalue weighted by atomic mass is 19.1. The topological polar surface area (TPSA) is 80.2 Å². The van der Waals surface area contributed by atoms with Crippen LogP contribution in [-0.4, -0.2) is 45.8 Å². The summed E-state index contributed by atoms with van der Waals surface area (Å²) in [5.41, 5.74) is 1.60. The molecule has 0 radical (unpaired) electrons. The van der Waals surface area contributed by atoms with E-state index >= 15 is 0 Å². The zero-order valence-electron chi connectivity index (χ0n) is 17.6. The molecular formula is C23H25FN4O3. The van der Waals surface area contributed by atoms with Gasteiger partial charge in [-0.2, -0.15) is 5.10 Å². The number of carbonyl (C=O) groups is 1. The van der Waals surface area contributed by atoms with Crippen molar-refractivity contribution in [1.82, 2.24) is 19.7 Å². The number of amides is 1. The SMILES string of the molecule is COc1ccc(Cn2c(C3CCN(C(=O)c4ccc(C)c(F)c4)CC3)n[nH]c2=O)cc1. The molecule has 4 rings (SSSR count). The molecule has 0 unspecified atom stereocenters. The minimum absolute atomic E-state index is 0.0657. The first-order chi connectivity index (χ1) is 15.0. The second-order valence-corrected chi connectivity index (χ2v) is 7.85. The lowest BCUT2D eigenvalue weighted by Gasteiger charge is -2.31. The van der Waals surface area contributed by atoms with Crippen molar-refractivity contribution < 1.29 is 13.9 Å². The predicted molar refractivity (Wildman–Crippen MR) is 114 cm³/mol. The average Bonchev–Trinajstić information content (AvgIpc) is 3.16. The minimum atomic E-state index is -0.375. The maximum atomic E-state index is 13.8. The molecule has 1 aliphatic rings. The summed E-state index contributed by atoms with van der Waals surface area (Å²) in [6, 6.07) is 12.1. The van der Waals surface area contributed by atoms with E-state index < -0.39 is 0 Å². The number of aryl methyl sites for hydroxylation is 1. The molecule has 1 amide bonds. The highest BCUT2D eigenvalue weighted by Gasteiger charge is 2.28. The molecule has 1 saturated heterocycles. The zero-order valence-corrected chi connectivity index (χ0v) is 17.6. The van der Waals surface area contributed by atoms with Gasteiger partial charge in [-0.05, 0) is 55.2 Å². The Balaban J connectivity index is 1.44. The Hall–Kier alpha value is -3.42. The Kier molecular flexibility index (Phi) is 5.88. The van der Waals surface area contributed by atoms with E-state index in [4.69, 9.17) is 4.74 Å². The van der Waals surface area contributed by atoms with Crippen molar-refractivity contribution in [2.24, 2.45) is 0 Å². The van der Waals surface area contributed by atoms with Gasteiger partial charge in [0.1, 0.15) is 17.4 Å². The maximum absolute atomic E-state index is 13.8. The largest absolute Gasteiger partial charge is 0.497 e. The van der Waals surface area contributed by atoms with Crippen LogP contribution in [0.15, 0.2) is 47.3 Å². The van der Waals surface area contributed by atoms with Gasteiger partial charge in [-0.1, -0.05) is 18.2 Å². The Labute approximate surface area is 179 Å². The van der Waals surface area contributed by atoms with Crippen molar-refractivity contribution in [1.29, 1.82) is 0 Å². The van der Waals surface area contributed by atoms with Crippen LogP contribution in [0.3, 0.4) is 0 Å². The van der Waals surface area contributed by atoms with Gasteiger partial charge in [-0.3, -0.25) is 9.36 Å². The first-order valence-corrected chi connectivity index (χ1v) is 10.3. The number of ether oxygens (including phenoxy) is 1. The van der Waals surface area contributed by atoms with E-state index in [2.05, 4.69) is 10.2 Å². The molecule has 0 atom stereocenters. The molecule has 1 aromatic heterocycles. The second kappa shape index (κ2) is 8.75. The molecule has 162 valence electrons. The molecule has 8 heteroatoms. The quantitative estimate of drug-likeness (QED) is 0.683. The molecule has 2 heterocycles. The smallest absolute Gasteiger partial charge is 0.343 e. The van der Waals surface area contributed by atoms with E-state index in [-0.39, 0.29) is 23.3 Å². The van der Waals surface area contributed by atoms with Crippen molar-refractivity contribution in [2.75, 3.05) is 20.2 Å². The average molecular weight is 424 g/mol. The number of likely N-dealkylation sites (tertiary alicyclic amines) is 1. The fourth-order valence-electron chi connectivity index (χ4n) is 3.96. The molecule has 1 fully saturated rings. The number of aromatic nitrogens is 3. The van der Waals surface area contributed by atoms with Crippen LogP contribution in [0.1, 0.15) is 46.1 Å². The number of H-pyrrole nitrogens is 1. The summed E-state index contributed by atoms with van der Waals surface area (Å²) in [6.07, 6.45) is 1.37. The van der Waals surface area contributed by atoms with Crippen molar-refractivity contribution >= 4 is 5.91 Å². The molecule has 1 N–H and O–H groups in total. The lowest BCUT2D eigenvalue weighted by atomic mass is 9.95. The number of hydrogen-bond donors (Lipinski definition) is 1. The summed E-state index contributed by atoms with van der Waals surface area (Å²) in [5, 5.41) is 6.83. The fourth-order valence-corrected chi connectivity index (χ4v) is 3.96. The number of benzene rings is 2. The lowest BCUT2D eigenvalue weighted by Crippen LogP contribution is -2.38. The Morgan fingerprint density at radius 2 is 1.90 bits per heavy atom. The van der Waals surface area contributed by atoms with E-state index in [1.54, 1.807) is 35.6 Å². The third-order valence-corrected chi connectivity index (χ3v) is 5.85. The van der Waals surface area contributed by atoms with Crippen LogP contribution in [-0.2, 0) is 6.54 Å². The molecule has 0 aliphatic carbocycles. The summed E-state index contributed by atoms with van der Waals surface area (Å²) in [7, 11) is 1.61. The number of halogens is 1. The van der Waals surface area contributed by atoms with Crippen LogP contribution in [0.25, 0.3) is 0 Å². The Bertz CT molecular complexity index is 1130. The third kappa shape index (κ3) is 4.38. The number of nitrogens with one attached hydrogen (secondary N) is 1. The first kappa shape index (κ1) is 20.8. The summed E-state index contributed by atoms with van der Waals surface area (Å²) < 4.78 is 20.7. The van der Waals surface area contributed by atoms with Crippen molar-refractivity contribution in [2.45, 2.75) is 32.2 Å². The summed E-state index contributed by atoms with van der Waals surface area (Å²) >= 11 is 0. The Morgan fingerprint density at radius 1 is 1.19 bits per heavy atom. The first-order valence-electron chi connectivity index (χ1n) is 10.3. The van der Waals surface area contributed by atoms with Crippen LogP contribution < -0.4 is 10.4 Å². The number of hydrogen-bond acceptors (Lipinski definition) is 4. The van der Waals surface area contributed by atoms with Gasteiger partial charge in [0.15, 0.2) is 0 Å². The highest BCUT2D eigenvalue weighted by Crippen LogP contribution is 2.27. The van der Waals surface area contributed by atoms with Gasteiger partial charge in [0.05, 0.1) is 13.7 Å². The number of piperidine rings is 1. The molecule has 0 saturated carbocycles. The van der Waals surface area contributed by atoms with Crippen LogP contribution >= 0.6 is 0 Å². The van der Waals surface area contributed by atoms with Gasteiger partial charge in [0.25, 0.3) is 5.91 Å².